The van der Waals surface area contributed by atoms with Crippen LogP contribution in [0.3, 0.4) is 0 Å². The van der Waals surface area contributed by atoms with Gasteiger partial charge in [0.1, 0.15) is 5.82 Å². The molecule has 0 unspecified atom stereocenters. The SMILES string of the molecule is CC(C)NC(=O)c1ccc(-c2nc3cc(NS(=O)(=O)CCc4ccccc4)ccc3n2C)cc1. The molecule has 0 aliphatic heterocycles. The Morgan fingerprint density at radius 3 is 2.38 bits per heavy atom. The fourth-order valence-corrected chi connectivity index (χ4v) is 4.86. The number of rotatable bonds is 8. The molecular weight excluding hydrogens is 448 g/mol. The second-order valence-corrected chi connectivity index (χ2v) is 10.4. The van der Waals surface area contributed by atoms with E-state index in [9.17, 15) is 13.2 Å². The molecule has 0 atom stereocenters. The minimum absolute atomic E-state index is 0.000740. The van der Waals surface area contributed by atoms with Crippen molar-refractivity contribution in [1.82, 2.24) is 14.9 Å². The highest BCUT2D eigenvalue weighted by Gasteiger charge is 2.15. The Kier molecular flexibility index (Phi) is 6.70. The van der Waals surface area contributed by atoms with Crippen molar-refractivity contribution in [3.8, 4) is 11.4 Å². The summed E-state index contributed by atoms with van der Waals surface area (Å²) >= 11 is 0. The van der Waals surface area contributed by atoms with Crippen LogP contribution in [-0.4, -0.2) is 35.7 Å². The summed E-state index contributed by atoms with van der Waals surface area (Å²) in [6.07, 6.45) is 0.442. The van der Waals surface area contributed by atoms with Gasteiger partial charge in [-0.2, -0.15) is 0 Å². The molecule has 4 aromatic rings. The van der Waals surface area contributed by atoms with Crippen molar-refractivity contribution >= 4 is 32.7 Å². The van der Waals surface area contributed by atoms with Crippen molar-refractivity contribution < 1.29 is 13.2 Å². The molecule has 3 aromatic carbocycles. The summed E-state index contributed by atoms with van der Waals surface area (Å²) in [5, 5.41) is 2.88. The first-order chi connectivity index (χ1) is 16.2. The molecule has 8 heteroatoms. The van der Waals surface area contributed by atoms with Gasteiger partial charge in [0.05, 0.1) is 22.5 Å². The summed E-state index contributed by atoms with van der Waals surface area (Å²) in [7, 11) is -1.59. The third kappa shape index (κ3) is 5.46. The van der Waals surface area contributed by atoms with E-state index in [2.05, 4.69) is 10.0 Å². The van der Waals surface area contributed by atoms with Crippen molar-refractivity contribution in [1.29, 1.82) is 0 Å². The number of nitrogens with zero attached hydrogens (tertiary/aromatic N) is 2. The Morgan fingerprint density at radius 2 is 1.71 bits per heavy atom. The molecular formula is C26H28N4O3S. The second-order valence-electron chi connectivity index (χ2n) is 8.56. The molecule has 0 spiro atoms. The first kappa shape index (κ1) is 23.5. The van der Waals surface area contributed by atoms with Crippen LogP contribution in [0, 0.1) is 0 Å². The number of hydrogen-bond acceptors (Lipinski definition) is 4. The van der Waals surface area contributed by atoms with Gasteiger partial charge in [0.25, 0.3) is 5.91 Å². The first-order valence-electron chi connectivity index (χ1n) is 11.1. The molecule has 34 heavy (non-hydrogen) atoms. The Bertz CT molecular complexity index is 1410. The largest absolute Gasteiger partial charge is 0.350 e. The second kappa shape index (κ2) is 9.69. The number of fused-ring (bicyclic) bond motifs is 1. The van der Waals surface area contributed by atoms with Crippen LogP contribution in [0.25, 0.3) is 22.4 Å². The Labute approximate surface area is 199 Å². The number of anilines is 1. The number of hydrogen-bond donors (Lipinski definition) is 2. The summed E-state index contributed by atoms with van der Waals surface area (Å²) in [6, 6.07) is 22.2. The van der Waals surface area contributed by atoms with E-state index in [1.807, 2.05) is 74.0 Å². The van der Waals surface area contributed by atoms with E-state index in [-0.39, 0.29) is 17.7 Å². The fourth-order valence-electron chi connectivity index (χ4n) is 3.77. The monoisotopic (exact) mass is 476 g/mol. The Morgan fingerprint density at radius 1 is 1.00 bits per heavy atom. The quantitative estimate of drug-likeness (QED) is 0.395. The Balaban J connectivity index is 1.52. The highest BCUT2D eigenvalue weighted by Crippen LogP contribution is 2.26. The zero-order valence-corrected chi connectivity index (χ0v) is 20.3. The van der Waals surface area contributed by atoms with Gasteiger partial charge in [-0.25, -0.2) is 13.4 Å². The van der Waals surface area contributed by atoms with E-state index in [0.717, 1.165) is 22.5 Å². The van der Waals surface area contributed by atoms with Gasteiger partial charge in [-0.05, 0) is 56.2 Å². The van der Waals surface area contributed by atoms with E-state index in [4.69, 9.17) is 4.98 Å². The number of amides is 1. The van der Waals surface area contributed by atoms with Crippen molar-refractivity contribution in [3.63, 3.8) is 0 Å². The molecule has 7 nitrogen and oxygen atoms in total. The molecule has 4 rings (SSSR count). The average Bonchev–Trinajstić information content (AvgIpc) is 3.13. The lowest BCUT2D eigenvalue weighted by atomic mass is 10.1. The number of carbonyl (C=O) groups is 1. The molecule has 1 aromatic heterocycles. The molecule has 0 radical (unpaired) electrons. The average molecular weight is 477 g/mol. The molecule has 0 saturated heterocycles. The maximum atomic E-state index is 12.6. The van der Waals surface area contributed by atoms with Crippen LogP contribution in [0.15, 0.2) is 72.8 Å². The molecule has 1 amide bonds. The van der Waals surface area contributed by atoms with Gasteiger partial charge >= 0.3 is 0 Å². The van der Waals surface area contributed by atoms with Crippen molar-refractivity contribution in [2.45, 2.75) is 26.3 Å². The summed E-state index contributed by atoms with van der Waals surface area (Å²) in [4.78, 5) is 16.9. The maximum absolute atomic E-state index is 12.6. The van der Waals surface area contributed by atoms with Crippen molar-refractivity contribution in [2.75, 3.05) is 10.5 Å². The number of nitrogens with one attached hydrogen (secondary N) is 2. The predicted molar refractivity (Wildman–Crippen MR) is 136 cm³/mol. The summed E-state index contributed by atoms with van der Waals surface area (Å²) < 4.78 is 29.8. The van der Waals surface area contributed by atoms with E-state index < -0.39 is 10.0 Å². The zero-order chi connectivity index (χ0) is 24.3. The van der Waals surface area contributed by atoms with E-state index >= 15 is 0 Å². The number of aryl methyl sites for hydroxylation is 2. The normalized spacial score (nSPS) is 11.6. The molecule has 0 aliphatic rings. The topological polar surface area (TPSA) is 93.1 Å². The van der Waals surface area contributed by atoms with Crippen molar-refractivity contribution in [3.05, 3.63) is 83.9 Å². The van der Waals surface area contributed by atoms with Gasteiger partial charge in [0.2, 0.25) is 10.0 Å². The fraction of sp³-hybridized carbons (Fsp3) is 0.231. The van der Waals surface area contributed by atoms with Crippen LogP contribution in [0.2, 0.25) is 0 Å². The third-order valence-corrected chi connectivity index (χ3v) is 6.77. The van der Waals surface area contributed by atoms with Crippen LogP contribution in [0.4, 0.5) is 5.69 Å². The number of imidazole rings is 1. The highest BCUT2D eigenvalue weighted by molar-refractivity contribution is 7.92. The molecule has 0 fully saturated rings. The van der Waals surface area contributed by atoms with Crippen LogP contribution < -0.4 is 10.0 Å². The third-order valence-electron chi connectivity index (χ3n) is 5.48. The highest BCUT2D eigenvalue weighted by atomic mass is 32.2. The zero-order valence-electron chi connectivity index (χ0n) is 19.4. The van der Waals surface area contributed by atoms with Gasteiger partial charge in [0.15, 0.2) is 0 Å². The summed E-state index contributed by atoms with van der Waals surface area (Å²) in [5.41, 5.74) is 4.47. The van der Waals surface area contributed by atoms with E-state index in [0.29, 0.717) is 23.2 Å². The standard InChI is InChI=1S/C26H28N4O3S/c1-18(2)27-26(31)21-11-9-20(10-12-21)25-28-23-17-22(13-14-24(23)30(25)3)29-34(32,33)16-15-19-7-5-4-6-8-19/h4-14,17-18,29H,15-16H2,1-3H3,(H,27,31). The predicted octanol–water partition coefficient (Wildman–Crippen LogP) is 4.36. The van der Waals surface area contributed by atoms with Crippen LogP contribution >= 0.6 is 0 Å². The summed E-state index contributed by atoms with van der Waals surface area (Å²) in [6.45, 7) is 3.84. The van der Waals surface area contributed by atoms with Gasteiger partial charge in [0, 0.05) is 24.2 Å². The molecule has 2 N–H and O–H groups in total. The molecule has 0 saturated carbocycles. The molecule has 0 bridgehead atoms. The van der Waals surface area contributed by atoms with Crippen LogP contribution in [0.1, 0.15) is 29.8 Å². The lowest BCUT2D eigenvalue weighted by Gasteiger charge is -2.09. The van der Waals surface area contributed by atoms with E-state index in [1.165, 1.54) is 0 Å². The summed E-state index contributed by atoms with van der Waals surface area (Å²) in [5.74, 6) is 0.616. The molecule has 176 valence electrons. The minimum atomic E-state index is -3.50. The number of aromatic nitrogens is 2. The number of sulfonamides is 1. The van der Waals surface area contributed by atoms with Gasteiger partial charge in [-0.1, -0.05) is 42.5 Å². The number of benzene rings is 3. The Hall–Kier alpha value is -3.65. The smallest absolute Gasteiger partial charge is 0.251 e. The molecule has 0 aliphatic carbocycles. The number of carbonyl (C=O) groups excluding carboxylic acids is 1. The van der Waals surface area contributed by atoms with E-state index in [1.54, 1.807) is 24.3 Å². The van der Waals surface area contributed by atoms with Crippen LogP contribution in [0.5, 0.6) is 0 Å². The van der Waals surface area contributed by atoms with Gasteiger partial charge in [-0.15, -0.1) is 0 Å². The minimum Gasteiger partial charge on any atom is -0.350 e. The first-order valence-corrected chi connectivity index (χ1v) is 12.8. The lowest BCUT2D eigenvalue weighted by molar-refractivity contribution is 0.0943. The van der Waals surface area contributed by atoms with Gasteiger partial charge < -0.3 is 9.88 Å². The van der Waals surface area contributed by atoms with Crippen molar-refractivity contribution in [2.24, 2.45) is 7.05 Å². The van der Waals surface area contributed by atoms with Crippen LogP contribution in [-0.2, 0) is 23.5 Å². The maximum Gasteiger partial charge on any atom is 0.251 e. The van der Waals surface area contributed by atoms with Gasteiger partial charge in [-0.3, -0.25) is 9.52 Å². The molecule has 1 heterocycles. The lowest BCUT2D eigenvalue weighted by Crippen LogP contribution is -2.29.